The highest BCUT2D eigenvalue weighted by Gasteiger charge is 2.40. The van der Waals surface area contributed by atoms with Crippen LogP contribution in [0.25, 0.3) is 12.2 Å². The lowest BCUT2D eigenvalue weighted by atomic mass is 10.0. The first-order valence-corrected chi connectivity index (χ1v) is 14.7. The van der Waals surface area contributed by atoms with Gasteiger partial charge in [-0.1, -0.05) is 24.3 Å². The van der Waals surface area contributed by atoms with Crippen LogP contribution in [-0.2, 0) is 27.2 Å². The normalized spacial score (nSPS) is 15.5. The third-order valence-electron chi connectivity index (χ3n) is 6.62. The third-order valence-corrected chi connectivity index (χ3v) is 8.40. The van der Waals surface area contributed by atoms with Gasteiger partial charge < -0.3 is 19.3 Å². The predicted octanol–water partition coefficient (Wildman–Crippen LogP) is 6.52. The number of anilines is 1. The summed E-state index contributed by atoms with van der Waals surface area (Å²) in [5.41, 5.74) is -2.58. The fourth-order valence-electron chi connectivity index (χ4n) is 4.55. The van der Waals surface area contributed by atoms with E-state index >= 15 is 0 Å². The summed E-state index contributed by atoms with van der Waals surface area (Å²) >= 11 is 0. The number of halogens is 6. The molecule has 0 unspecified atom stereocenters. The fourth-order valence-corrected chi connectivity index (χ4v) is 6.16. The van der Waals surface area contributed by atoms with E-state index in [1.54, 1.807) is 0 Å². The second-order valence-electron chi connectivity index (χ2n) is 9.65. The van der Waals surface area contributed by atoms with E-state index in [0.29, 0.717) is 12.3 Å². The van der Waals surface area contributed by atoms with Gasteiger partial charge in [0.2, 0.25) is 5.88 Å². The molecule has 1 aromatic heterocycles. The molecule has 1 aliphatic heterocycles. The molecule has 0 saturated heterocycles. The predicted molar refractivity (Wildman–Crippen MR) is 150 cm³/mol. The van der Waals surface area contributed by atoms with Crippen LogP contribution in [0.3, 0.4) is 0 Å². The number of nitrogens with zero attached hydrogens (tertiary/aromatic N) is 2. The number of fused-ring (bicyclic) bond motifs is 1. The number of aromatic nitrogens is 1. The van der Waals surface area contributed by atoms with Crippen molar-refractivity contribution in [3.63, 3.8) is 0 Å². The van der Waals surface area contributed by atoms with E-state index in [2.05, 4.69) is 4.98 Å². The number of ether oxygens (including phenoxy) is 3. The third kappa shape index (κ3) is 7.44. The van der Waals surface area contributed by atoms with Crippen molar-refractivity contribution in [3.8, 4) is 17.4 Å². The van der Waals surface area contributed by atoms with Crippen molar-refractivity contribution in [2.24, 2.45) is 0 Å². The van der Waals surface area contributed by atoms with Crippen molar-refractivity contribution in [2.45, 2.75) is 43.1 Å². The minimum absolute atomic E-state index is 0.0523. The Bertz CT molecular complexity index is 1710. The van der Waals surface area contributed by atoms with Gasteiger partial charge in [0.1, 0.15) is 17.6 Å². The lowest BCUT2D eigenvalue weighted by Crippen LogP contribution is -2.44. The van der Waals surface area contributed by atoms with Crippen molar-refractivity contribution in [1.29, 1.82) is 0 Å². The number of alkyl halides is 6. The molecule has 0 radical (unpaired) electrons. The number of sulfonamides is 1. The van der Waals surface area contributed by atoms with E-state index in [1.165, 1.54) is 50.4 Å². The Kier molecular flexibility index (Phi) is 9.56. The quantitative estimate of drug-likeness (QED) is 0.193. The fraction of sp³-hybridized carbons (Fsp3) is 0.310. The number of carboxylic acids is 1. The van der Waals surface area contributed by atoms with Crippen LogP contribution >= 0.6 is 0 Å². The molecule has 1 N–H and O–H groups in total. The SMILES string of the molecule is CCOc1ncc(C(F)(F)F)cc1S(=O)(=O)N1C[C@H](CCC(=O)O)Oc2ccc(/C=C/c3c(OC)cccc3C(F)(F)F)cc21. The van der Waals surface area contributed by atoms with E-state index in [9.17, 15) is 39.6 Å². The Morgan fingerprint density at radius 1 is 1.11 bits per heavy atom. The van der Waals surface area contributed by atoms with E-state index in [1.807, 2.05) is 0 Å². The van der Waals surface area contributed by atoms with Crippen LogP contribution in [0.15, 0.2) is 53.6 Å². The Morgan fingerprint density at radius 2 is 1.84 bits per heavy atom. The van der Waals surface area contributed by atoms with Crippen molar-refractivity contribution < 1.29 is 58.9 Å². The Labute approximate surface area is 253 Å². The number of hydrogen-bond donors (Lipinski definition) is 1. The number of hydrogen-bond acceptors (Lipinski definition) is 7. The zero-order chi connectivity index (χ0) is 33.2. The zero-order valence-electron chi connectivity index (χ0n) is 23.6. The molecule has 0 aliphatic carbocycles. The molecule has 16 heteroatoms. The second-order valence-corrected chi connectivity index (χ2v) is 11.5. The van der Waals surface area contributed by atoms with E-state index in [-0.39, 0.29) is 41.3 Å². The summed E-state index contributed by atoms with van der Waals surface area (Å²) in [4.78, 5) is 13.9. The molecule has 0 fully saturated rings. The van der Waals surface area contributed by atoms with Crippen LogP contribution in [0.2, 0.25) is 0 Å². The smallest absolute Gasteiger partial charge is 0.417 e. The standard InChI is InChI=1S/C29H26F6N2O7S/c1-3-43-27-25(14-18(15-36-27)28(30,31)32)45(40,41)37-16-19(9-12-26(38)39)44-24-11-8-17(13-22(24)37)7-10-20-21(29(33,34)35)5-4-6-23(20)42-2/h4-8,10-11,13-15,19H,3,9,12,16H2,1-2H3,(H,38,39)/b10-7+/t19-/m0/s1. The van der Waals surface area contributed by atoms with E-state index < -0.39 is 69.3 Å². The summed E-state index contributed by atoms with van der Waals surface area (Å²) in [5, 5.41) is 9.14. The Morgan fingerprint density at radius 3 is 2.47 bits per heavy atom. The van der Waals surface area contributed by atoms with E-state index in [4.69, 9.17) is 19.3 Å². The molecule has 0 bridgehead atoms. The van der Waals surface area contributed by atoms with Crippen LogP contribution in [0.5, 0.6) is 17.4 Å². The molecule has 9 nitrogen and oxygen atoms in total. The molecule has 0 saturated carbocycles. The zero-order valence-corrected chi connectivity index (χ0v) is 24.5. The number of methoxy groups -OCH3 is 1. The van der Waals surface area contributed by atoms with Crippen molar-refractivity contribution in [3.05, 3.63) is 70.9 Å². The lowest BCUT2D eigenvalue weighted by Gasteiger charge is -2.35. The van der Waals surface area contributed by atoms with Gasteiger partial charge in [0.25, 0.3) is 10.0 Å². The van der Waals surface area contributed by atoms with Crippen LogP contribution in [0, 0.1) is 0 Å². The molecule has 45 heavy (non-hydrogen) atoms. The van der Waals surface area contributed by atoms with Gasteiger partial charge >= 0.3 is 18.3 Å². The summed E-state index contributed by atoms with van der Waals surface area (Å²) < 4.78 is 127. The molecule has 2 heterocycles. The molecular formula is C29H26F6N2O7S. The van der Waals surface area contributed by atoms with Gasteiger partial charge in [-0.25, -0.2) is 13.4 Å². The van der Waals surface area contributed by atoms with Gasteiger partial charge in [-0.15, -0.1) is 0 Å². The molecule has 242 valence electrons. The average molecular weight is 661 g/mol. The first-order chi connectivity index (χ1) is 21.1. The summed E-state index contributed by atoms with van der Waals surface area (Å²) in [5.74, 6) is -1.90. The molecular weight excluding hydrogens is 634 g/mol. The molecule has 2 aromatic carbocycles. The maximum absolute atomic E-state index is 14.0. The number of benzene rings is 2. The lowest BCUT2D eigenvalue weighted by molar-refractivity contribution is -0.138. The number of carbonyl (C=O) groups is 1. The topological polar surface area (TPSA) is 115 Å². The monoisotopic (exact) mass is 660 g/mol. The molecule has 3 aromatic rings. The highest BCUT2D eigenvalue weighted by molar-refractivity contribution is 7.93. The second kappa shape index (κ2) is 12.9. The van der Waals surface area contributed by atoms with Gasteiger partial charge in [0, 0.05) is 18.2 Å². The molecule has 1 atom stereocenters. The van der Waals surface area contributed by atoms with Gasteiger partial charge in [-0.2, -0.15) is 26.3 Å². The Hall–Kier alpha value is -4.47. The van der Waals surface area contributed by atoms with Gasteiger partial charge in [0.05, 0.1) is 37.1 Å². The van der Waals surface area contributed by atoms with Crippen molar-refractivity contribution in [2.75, 3.05) is 24.6 Å². The van der Waals surface area contributed by atoms with Crippen LogP contribution < -0.4 is 18.5 Å². The highest BCUT2D eigenvalue weighted by atomic mass is 32.2. The first-order valence-electron chi connectivity index (χ1n) is 13.2. The van der Waals surface area contributed by atoms with Gasteiger partial charge in [-0.05, 0) is 49.2 Å². The number of pyridine rings is 1. The maximum Gasteiger partial charge on any atom is 0.417 e. The van der Waals surface area contributed by atoms with Crippen LogP contribution in [0.1, 0.15) is 42.0 Å². The maximum atomic E-state index is 14.0. The molecule has 0 amide bonds. The average Bonchev–Trinajstić information content (AvgIpc) is 2.97. The van der Waals surface area contributed by atoms with Gasteiger partial charge in [-0.3, -0.25) is 9.10 Å². The summed E-state index contributed by atoms with van der Waals surface area (Å²) in [7, 11) is -3.68. The number of rotatable bonds is 10. The van der Waals surface area contributed by atoms with E-state index in [0.717, 1.165) is 16.4 Å². The number of carboxylic acid groups (broad SMARTS) is 1. The summed E-state index contributed by atoms with van der Waals surface area (Å²) in [6.07, 6.45) is -8.38. The van der Waals surface area contributed by atoms with Gasteiger partial charge in [0.15, 0.2) is 4.90 Å². The van der Waals surface area contributed by atoms with Crippen LogP contribution in [0.4, 0.5) is 32.0 Å². The van der Waals surface area contributed by atoms with Crippen molar-refractivity contribution >= 4 is 33.8 Å². The molecule has 0 spiro atoms. The minimum Gasteiger partial charge on any atom is -0.496 e. The first kappa shape index (κ1) is 33.4. The molecule has 1 aliphatic rings. The van der Waals surface area contributed by atoms with Crippen molar-refractivity contribution in [1.82, 2.24) is 4.98 Å². The minimum atomic E-state index is -4.94. The summed E-state index contributed by atoms with van der Waals surface area (Å²) in [6, 6.07) is 7.77. The number of aliphatic carboxylic acids is 1. The summed E-state index contributed by atoms with van der Waals surface area (Å²) in [6.45, 7) is 0.855. The van der Waals surface area contributed by atoms with Crippen LogP contribution in [-0.4, -0.2) is 50.8 Å². The Balaban J connectivity index is 1.85. The molecule has 4 rings (SSSR count). The largest absolute Gasteiger partial charge is 0.496 e. The highest BCUT2D eigenvalue weighted by Crippen LogP contribution is 2.42.